The number of halogens is 4. The van der Waals surface area contributed by atoms with Crippen LogP contribution in [0.3, 0.4) is 0 Å². The van der Waals surface area contributed by atoms with Crippen LogP contribution in [0.5, 0.6) is 0 Å². The van der Waals surface area contributed by atoms with Gasteiger partial charge in [-0.05, 0) is 36.6 Å². The molecule has 2 bridgehead atoms. The van der Waals surface area contributed by atoms with Crippen LogP contribution in [0.4, 0.5) is 22.4 Å². The van der Waals surface area contributed by atoms with Crippen molar-refractivity contribution in [2.24, 2.45) is 5.92 Å². The number of ketones is 1. The van der Waals surface area contributed by atoms with E-state index in [4.69, 9.17) is 9.47 Å². The zero-order chi connectivity index (χ0) is 22.9. The summed E-state index contributed by atoms with van der Waals surface area (Å²) >= 11 is 0. The molecule has 2 aromatic carbocycles. The van der Waals surface area contributed by atoms with Gasteiger partial charge in [-0.15, -0.1) is 0 Å². The Labute approximate surface area is 181 Å². The van der Waals surface area contributed by atoms with Crippen molar-refractivity contribution in [2.45, 2.75) is 37.7 Å². The van der Waals surface area contributed by atoms with Crippen molar-refractivity contribution in [3.63, 3.8) is 0 Å². The highest BCUT2D eigenvalue weighted by Crippen LogP contribution is 2.36. The Morgan fingerprint density at radius 1 is 1.03 bits per heavy atom. The van der Waals surface area contributed by atoms with Crippen molar-refractivity contribution < 1.29 is 36.6 Å². The molecule has 2 saturated heterocycles. The predicted molar refractivity (Wildman–Crippen MR) is 105 cm³/mol. The molecule has 2 atom stereocenters. The number of benzene rings is 2. The van der Waals surface area contributed by atoms with E-state index in [1.165, 1.54) is 0 Å². The van der Waals surface area contributed by atoms with Crippen LogP contribution in [0.15, 0.2) is 48.5 Å². The molecule has 32 heavy (non-hydrogen) atoms. The minimum absolute atomic E-state index is 0.106. The highest BCUT2D eigenvalue weighted by atomic mass is 19.4. The molecule has 2 aromatic rings. The van der Waals surface area contributed by atoms with Gasteiger partial charge in [0.2, 0.25) is 0 Å². The van der Waals surface area contributed by atoms with Crippen molar-refractivity contribution >= 4 is 11.9 Å². The van der Waals surface area contributed by atoms with Gasteiger partial charge in [-0.3, -0.25) is 9.69 Å². The van der Waals surface area contributed by atoms with Crippen molar-refractivity contribution in [1.82, 2.24) is 4.90 Å². The fourth-order valence-corrected chi connectivity index (χ4v) is 4.35. The van der Waals surface area contributed by atoms with E-state index in [2.05, 4.69) is 0 Å². The maximum atomic E-state index is 13.6. The quantitative estimate of drug-likeness (QED) is 0.493. The summed E-state index contributed by atoms with van der Waals surface area (Å²) in [5.74, 6) is -2.52. The number of carbonyl (C=O) groups is 2. The molecule has 4 rings (SSSR count). The molecular weight excluding hydrogens is 430 g/mol. The number of hydrogen-bond donors (Lipinski definition) is 0. The fraction of sp³-hybridized carbons (Fsp3) is 0.391. The Balaban J connectivity index is 1.46. The molecule has 2 fully saturated rings. The number of amides is 1. The highest BCUT2D eigenvalue weighted by molar-refractivity contribution is 5.98. The summed E-state index contributed by atoms with van der Waals surface area (Å²) in [6.45, 7) is 0.518. The number of carbonyl (C=O) groups excluding carboxylic acids is 2. The normalized spacial score (nSPS) is 23.0. The van der Waals surface area contributed by atoms with Crippen LogP contribution in [0.1, 0.15) is 34.3 Å². The summed E-state index contributed by atoms with van der Waals surface area (Å²) in [6.07, 6.45) is -4.95. The summed E-state index contributed by atoms with van der Waals surface area (Å²) in [6, 6.07) is 10.6. The van der Waals surface area contributed by atoms with E-state index in [-0.39, 0.29) is 38.2 Å². The SMILES string of the molecule is O=C(c1ccc(F)c(C(F)(F)F)c1)C1CC2COCC(C1)N2C(=O)OCc1ccccc1. The third-order valence-corrected chi connectivity index (χ3v) is 5.86. The molecule has 5 nitrogen and oxygen atoms in total. The Kier molecular flexibility index (Phi) is 6.19. The van der Waals surface area contributed by atoms with Gasteiger partial charge in [0.05, 0.1) is 30.9 Å². The van der Waals surface area contributed by atoms with Gasteiger partial charge in [-0.25, -0.2) is 9.18 Å². The lowest BCUT2D eigenvalue weighted by atomic mass is 9.80. The first kappa shape index (κ1) is 22.3. The van der Waals surface area contributed by atoms with Crippen LogP contribution < -0.4 is 0 Å². The van der Waals surface area contributed by atoms with Crippen LogP contribution in [0.25, 0.3) is 0 Å². The van der Waals surface area contributed by atoms with E-state index < -0.39 is 47.4 Å². The average molecular weight is 451 g/mol. The van der Waals surface area contributed by atoms with Crippen molar-refractivity contribution in [3.05, 3.63) is 71.0 Å². The van der Waals surface area contributed by atoms with Crippen LogP contribution >= 0.6 is 0 Å². The van der Waals surface area contributed by atoms with Gasteiger partial charge < -0.3 is 9.47 Å². The molecule has 2 aliphatic rings. The first-order valence-electron chi connectivity index (χ1n) is 10.2. The molecule has 0 aliphatic carbocycles. The summed E-state index contributed by atoms with van der Waals surface area (Å²) < 4.78 is 63.6. The molecule has 0 N–H and O–H groups in total. The molecule has 0 radical (unpaired) electrons. The molecule has 2 unspecified atom stereocenters. The number of piperidine rings is 1. The fourth-order valence-electron chi connectivity index (χ4n) is 4.35. The lowest BCUT2D eigenvalue weighted by Gasteiger charge is -2.47. The molecule has 1 amide bonds. The minimum Gasteiger partial charge on any atom is -0.445 e. The zero-order valence-electron chi connectivity index (χ0n) is 17.0. The Bertz CT molecular complexity index is 981. The van der Waals surface area contributed by atoms with E-state index in [0.717, 1.165) is 11.6 Å². The number of alkyl halides is 3. The first-order valence-corrected chi connectivity index (χ1v) is 10.2. The second kappa shape index (κ2) is 8.90. The van der Waals surface area contributed by atoms with Crippen LogP contribution in [0, 0.1) is 11.7 Å². The molecule has 170 valence electrons. The maximum absolute atomic E-state index is 13.6. The van der Waals surface area contributed by atoms with E-state index >= 15 is 0 Å². The van der Waals surface area contributed by atoms with Gasteiger partial charge in [0.15, 0.2) is 5.78 Å². The smallest absolute Gasteiger partial charge is 0.419 e. The molecule has 2 heterocycles. The van der Waals surface area contributed by atoms with E-state index in [0.29, 0.717) is 12.1 Å². The van der Waals surface area contributed by atoms with Crippen LogP contribution in [-0.2, 0) is 22.3 Å². The largest absolute Gasteiger partial charge is 0.445 e. The van der Waals surface area contributed by atoms with Gasteiger partial charge in [0.25, 0.3) is 0 Å². The number of fused-ring (bicyclic) bond motifs is 2. The van der Waals surface area contributed by atoms with Gasteiger partial charge in [0, 0.05) is 11.5 Å². The summed E-state index contributed by atoms with van der Waals surface area (Å²) in [4.78, 5) is 27.2. The number of hydrogen-bond acceptors (Lipinski definition) is 4. The highest BCUT2D eigenvalue weighted by Gasteiger charge is 2.45. The molecule has 2 aliphatic heterocycles. The molecule has 9 heteroatoms. The third kappa shape index (κ3) is 4.62. The van der Waals surface area contributed by atoms with Crippen molar-refractivity contribution in [3.8, 4) is 0 Å². The topological polar surface area (TPSA) is 55.8 Å². The van der Waals surface area contributed by atoms with Gasteiger partial charge >= 0.3 is 12.3 Å². The van der Waals surface area contributed by atoms with E-state index in [9.17, 15) is 27.2 Å². The van der Waals surface area contributed by atoms with Crippen LogP contribution in [0.2, 0.25) is 0 Å². The lowest BCUT2D eigenvalue weighted by molar-refractivity contribution is -0.140. The lowest BCUT2D eigenvalue weighted by Crippen LogP contribution is -2.59. The summed E-state index contributed by atoms with van der Waals surface area (Å²) in [7, 11) is 0. The number of ether oxygens (including phenoxy) is 2. The third-order valence-electron chi connectivity index (χ3n) is 5.86. The number of rotatable bonds is 4. The maximum Gasteiger partial charge on any atom is 0.419 e. The summed E-state index contributed by atoms with van der Waals surface area (Å²) in [5.41, 5.74) is -0.819. The van der Waals surface area contributed by atoms with Crippen molar-refractivity contribution in [2.75, 3.05) is 13.2 Å². The van der Waals surface area contributed by atoms with E-state index in [1.807, 2.05) is 30.3 Å². The molecule has 0 saturated carbocycles. The molecule has 0 aromatic heterocycles. The summed E-state index contributed by atoms with van der Waals surface area (Å²) in [5, 5.41) is 0. The number of morpholine rings is 1. The average Bonchev–Trinajstić information content (AvgIpc) is 2.76. The van der Waals surface area contributed by atoms with Gasteiger partial charge in [-0.1, -0.05) is 30.3 Å². The Hall–Kier alpha value is -2.94. The van der Waals surface area contributed by atoms with E-state index in [1.54, 1.807) is 4.90 Å². The second-order valence-electron chi connectivity index (χ2n) is 8.02. The molecular formula is C23H21F4NO4. The zero-order valence-corrected chi connectivity index (χ0v) is 17.0. The molecule has 0 spiro atoms. The first-order chi connectivity index (χ1) is 15.2. The van der Waals surface area contributed by atoms with Crippen LogP contribution in [-0.4, -0.2) is 42.1 Å². The minimum atomic E-state index is -4.89. The Morgan fingerprint density at radius 2 is 1.69 bits per heavy atom. The Morgan fingerprint density at radius 3 is 2.31 bits per heavy atom. The predicted octanol–water partition coefficient (Wildman–Crippen LogP) is 4.84. The standard InChI is InChI=1S/C23H21F4NO4/c24-20-7-6-15(10-19(20)23(25,26)27)21(29)16-8-17-12-31-13-18(9-16)28(17)22(30)32-11-14-4-2-1-3-5-14/h1-7,10,16-18H,8-9,11-13H2. The van der Waals surface area contributed by atoms with Crippen molar-refractivity contribution in [1.29, 1.82) is 0 Å². The number of Topliss-reactive ketones (excluding diaryl/α,β-unsaturated/α-hetero) is 1. The number of nitrogens with zero attached hydrogens (tertiary/aromatic N) is 1. The monoisotopic (exact) mass is 451 g/mol. The van der Waals surface area contributed by atoms with Gasteiger partial charge in [-0.2, -0.15) is 13.2 Å². The second-order valence-corrected chi connectivity index (χ2v) is 8.02. The van der Waals surface area contributed by atoms with Gasteiger partial charge in [0.1, 0.15) is 12.4 Å².